The third kappa shape index (κ3) is 1.26. The average molecular weight is 181 g/mol. The summed E-state index contributed by atoms with van der Waals surface area (Å²) in [5, 5.41) is 4.47. The van der Waals surface area contributed by atoms with Gasteiger partial charge in [0.15, 0.2) is 5.82 Å². The van der Waals surface area contributed by atoms with Crippen LogP contribution in [0.5, 0.6) is 5.88 Å². The zero-order valence-electron chi connectivity index (χ0n) is 8.37. The molecular weight excluding hydrogens is 166 g/mol. The average Bonchev–Trinajstić information content (AvgIpc) is 2.45. The third-order valence-corrected chi connectivity index (χ3v) is 2.28. The van der Waals surface area contributed by atoms with E-state index < -0.39 is 0 Å². The second-order valence-corrected chi connectivity index (χ2v) is 3.57. The summed E-state index contributed by atoms with van der Waals surface area (Å²) in [4.78, 5) is 2.02. The molecule has 2 heterocycles. The first-order valence-electron chi connectivity index (χ1n) is 4.57. The van der Waals surface area contributed by atoms with Crippen molar-refractivity contribution in [3.05, 3.63) is 5.56 Å². The van der Waals surface area contributed by atoms with Crippen LogP contribution in [-0.2, 0) is 6.54 Å². The van der Waals surface area contributed by atoms with Crippen molar-refractivity contribution in [1.82, 2.24) is 9.78 Å². The van der Waals surface area contributed by atoms with Crippen LogP contribution in [0.4, 0.5) is 5.82 Å². The highest BCUT2D eigenvalue weighted by Crippen LogP contribution is 2.29. The Morgan fingerprint density at radius 3 is 2.85 bits per heavy atom. The van der Waals surface area contributed by atoms with Crippen LogP contribution >= 0.6 is 0 Å². The summed E-state index contributed by atoms with van der Waals surface area (Å²) in [6.45, 7) is 3.85. The molecule has 13 heavy (non-hydrogen) atoms. The van der Waals surface area contributed by atoms with Crippen molar-refractivity contribution in [2.45, 2.75) is 19.9 Å². The number of nitrogens with zero attached hydrogens (tertiary/aromatic N) is 3. The van der Waals surface area contributed by atoms with Gasteiger partial charge in [-0.25, -0.2) is 4.68 Å². The van der Waals surface area contributed by atoms with Crippen LogP contribution in [0.3, 0.4) is 0 Å². The SMILES string of the molecule is Cc1c(N(C)C)nn2c1OCCC2. The fourth-order valence-corrected chi connectivity index (χ4v) is 1.67. The largest absolute Gasteiger partial charge is 0.478 e. The van der Waals surface area contributed by atoms with E-state index in [1.54, 1.807) is 0 Å². The molecule has 1 aromatic heterocycles. The Balaban J connectivity index is 2.44. The van der Waals surface area contributed by atoms with Crippen molar-refractivity contribution in [2.75, 3.05) is 25.6 Å². The van der Waals surface area contributed by atoms with E-state index in [4.69, 9.17) is 4.74 Å². The minimum Gasteiger partial charge on any atom is -0.478 e. The molecule has 0 saturated carbocycles. The van der Waals surface area contributed by atoms with E-state index >= 15 is 0 Å². The summed E-state index contributed by atoms with van der Waals surface area (Å²) < 4.78 is 7.51. The molecule has 0 radical (unpaired) electrons. The van der Waals surface area contributed by atoms with Crippen LogP contribution in [0.15, 0.2) is 0 Å². The molecule has 0 bridgehead atoms. The molecule has 0 aliphatic carbocycles. The molecule has 2 rings (SSSR count). The van der Waals surface area contributed by atoms with E-state index in [9.17, 15) is 0 Å². The molecule has 72 valence electrons. The highest BCUT2D eigenvalue weighted by atomic mass is 16.5. The molecule has 0 fully saturated rings. The third-order valence-electron chi connectivity index (χ3n) is 2.28. The van der Waals surface area contributed by atoms with Gasteiger partial charge in [-0.15, -0.1) is 0 Å². The smallest absolute Gasteiger partial charge is 0.216 e. The Kier molecular flexibility index (Phi) is 1.90. The molecule has 4 nitrogen and oxygen atoms in total. The normalized spacial score (nSPS) is 15.0. The van der Waals surface area contributed by atoms with E-state index in [1.807, 2.05) is 23.7 Å². The van der Waals surface area contributed by atoms with Gasteiger partial charge in [-0.05, 0) is 6.92 Å². The fourth-order valence-electron chi connectivity index (χ4n) is 1.67. The highest BCUT2D eigenvalue weighted by molar-refractivity contribution is 5.50. The lowest BCUT2D eigenvalue weighted by Gasteiger charge is -2.14. The second kappa shape index (κ2) is 2.94. The molecule has 0 N–H and O–H groups in total. The molecule has 0 spiro atoms. The zero-order chi connectivity index (χ0) is 9.42. The Hall–Kier alpha value is -1.19. The Labute approximate surface area is 78.1 Å². The number of hydrogen-bond acceptors (Lipinski definition) is 3. The van der Waals surface area contributed by atoms with Crippen LogP contribution in [0, 0.1) is 6.92 Å². The summed E-state index contributed by atoms with van der Waals surface area (Å²) in [5.74, 6) is 1.95. The Morgan fingerprint density at radius 1 is 1.46 bits per heavy atom. The summed E-state index contributed by atoms with van der Waals surface area (Å²) in [6.07, 6.45) is 1.06. The number of aromatic nitrogens is 2. The maximum Gasteiger partial charge on any atom is 0.216 e. The van der Waals surface area contributed by atoms with E-state index in [0.29, 0.717) is 0 Å². The van der Waals surface area contributed by atoms with Crippen molar-refractivity contribution < 1.29 is 4.74 Å². The van der Waals surface area contributed by atoms with E-state index in [2.05, 4.69) is 12.0 Å². The summed E-state index contributed by atoms with van der Waals surface area (Å²) >= 11 is 0. The molecule has 0 saturated heterocycles. The summed E-state index contributed by atoms with van der Waals surface area (Å²) in [7, 11) is 4.00. The predicted octanol–water partition coefficient (Wildman–Crippen LogP) is 1.04. The number of aryl methyl sites for hydroxylation is 1. The molecule has 0 unspecified atom stereocenters. The lowest BCUT2D eigenvalue weighted by Crippen LogP contribution is -2.15. The monoisotopic (exact) mass is 181 g/mol. The molecule has 1 aliphatic rings. The van der Waals surface area contributed by atoms with Gasteiger partial charge in [0.1, 0.15) is 0 Å². The van der Waals surface area contributed by atoms with E-state index in [0.717, 1.165) is 36.8 Å². The van der Waals surface area contributed by atoms with Crippen molar-refractivity contribution in [1.29, 1.82) is 0 Å². The molecule has 4 heteroatoms. The van der Waals surface area contributed by atoms with Gasteiger partial charge < -0.3 is 9.64 Å². The van der Waals surface area contributed by atoms with Gasteiger partial charge in [0.2, 0.25) is 5.88 Å². The number of hydrogen-bond donors (Lipinski definition) is 0. The number of ether oxygens (including phenoxy) is 1. The first-order valence-corrected chi connectivity index (χ1v) is 4.57. The molecule has 1 aromatic rings. The van der Waals surface area contributed by atoms with Gasteiger partial charge >= 0.3 is 0 Å². The number of anilines is 1. The zero-order valence-corrected chi connectivity index (χ0v) is 8.37. The topological polar surface area (TPSA) is 30.3 Å². The van der Waals surface area contributed by atoms with Crippen molar-refractivity contribution >= 4 is 5.82 Å². The first-order chi connectivity index (χ1) is 6.20. The quantitative estimate of drug-likeness (QED) is 0.648. The predicted molar refractivity (Wildman–Crippen MR) is 51.4 cm³/mol. The lowest BCUT2D eigenvalue weighted by atomic mass is 10.3. The Morgan fingerprint density at radius 2 is 2.23 bits per heavy atom. The fraction of sp³-hybridized carbons (Fsp3) is 0.667. The van der Waals surface area contributed by atoms with Crippen molar-refractivity contribution in [3.8, 4) is 5.88 Å². The van der Waals surface area contributed by atoms with Gasteiger partial charge in [-0.1, -0.05) is 0 Å². The maximum atomic E-state index is 5.56. The van der Waals surface area contributed by atoms with E-state index in [-0.39, 0.29) is 0 Å². The van der Waals surface area contributed by atoms with Gasteiger partial charge in [0.25, 0.3) is 0 Å². The lowest BCUT2D eigenvalue weighted by molar-refractivity contribution is 0.229. The van der Waals surface area contributed by atoms with Crippen LogP contribution in [-0.4, -0.2) is 30.5 Å². The molecular formula is C9H15N3O. The number of fused-ring (bicyclic) bond motifs is 1. The minimum absolute atomic E-state index is 0.819. The van der Waals surface area contributed by atoms with Crippen molar-refractivity contribution in [3.63, 3.8) is 0 Å². The van der Waals surface area contributed by atoms with Crippen molar-refractivity contribution in [2.24, 2.45) is 0 Å². The van der Waals surface area contributed by atoms with Crippen LogP contribution in [0.2, 0.25) is 0 Å². The standard InChI is InChI=1S/C9H15N3O/c1-7-8(11(2)3)10-12-5-4-6-13-9(7)12/h4-6H2,1-3H3. The first kappa shape index (κ1) is 8.41. The highest BCUT2D eigenvalue weighted by Gasteiger charge is 2.19. The van der Waals surface area contributed by atoms with Gasteiger partial charge in [0, 0.05) is 27.1 Å². The number of rotatable bonds is 1. The molecule has 0 atom stereocenters. The summed E-state index contributed by atoms with van der Waals surface area (Å²) in [5.41, 5.74) is 1.14. The molecule has 1 aliphatic heterocycles. The van der Waals surface area contributed by atoms with Gasteiger partial charge in [0.05, 0.1) is 12.2 Å². The van der Waals surface area contributed by atoms with Crippen LogP contribution < -0.4 is 9.64 Å². The Bertz CT molecular complexity index is 317. The molecule has 0 amide bonds. The van der Waals surface area contributed by atoms with Crippen LogP contribution in [0.1, 0.15) is 12.0 Å². The molecule has 0 aromatic carbocycles. The maximum absolute atomic E-state index is 5.56. The van der Waals surface area contributed by atoms with Crippen LogP contribution in [0.25, 0.3) is 0 Å². The minimum atomic E-state index is 0.819. The second-order valence-electron chi connectivity index (χ2n) is 3.57. The van der Waals surface area contributed by atoms with E-state index in [1.165, 1.54) is 0 Å². The summed E-state index contributed by atoms with van der Waals surface area (Å²) in [6, 6.07) is 0. The van der Waals surface area contributed by atoms with Gasteiger partial charge in [-0.3, -0.25) is 0 Å². The van der Waals surface area contributed by atoms with Gasteiger partial charge in [-0.2, -0.15) is 5.10 Å².